The largest absolute Gasteiger partial charge is 0.466 e. The second-order valence-corrected chi connectivity index (χ2v) is 14.2. The second kappa shape index (κ2) is 18.4. The Labute approximate surface area is 290 Å². The Balaban J connectivity index is 2.36. The van der Waals surface area contributed by atoms with E-state index in [1.54, 1.807) is 52.8 Å². The van der Waals surface area contributed by atoms with Gasteiger partial charge in [-0.05, 0) is 41.7 Å². The summed E-state index contributed by atoms with van der Waals surface area (Å²) in [5, 5.41) is 10.6. The zero-order valence-electron chi connectivity index (χ0n) is 30.2. The molecule has 1 unspecified atom stereocenters. The van der Waals surface area contributed by atoms with Crippen molar-refractivity contribution in [1.82, 2.24) is 26.2 Å². The second-order valence-electron chi connectivity index (χ2n) is 14.2. The Bertz CT molecular complexity index is 1330. The molecule has 1 aromatic heterocycles. The highest BCUT2D eigenvalue weighted by Gasteiger charge is 2.50. The smallest absolute Gasteiger partial charge is 0.329 e. The van der Waals surface area contributed by atoms with E-state index in [-0.39, 0.29) is 43.9 Å². The molecule has 13 heteroatoms. The minimum Gasteiger partial charge on any atom is -0.466 e. The van der Waals surface area contributed by atoms with Crippen molar-refractivity contribution in [2.45, 2.75) is 99.0 Å². The molecule has 5 amide bonds. The summed E-state index contributed by atoms with van der Waals surface area (Å²) in [7, 11) is 0. The van der Waals surface area contributed by atoms with E-state index in [0.29, 0.717) is 12.2 Å². The van der Waals surface area contributed by atoms with Crippen molar-refractivity contribution in [2.24, 2.45) is 29.1 Å². The van der Waals surface area contributed by atoms with Crippen LogP contribution in [-0.4, -0.2) is 77.7 Å². The lowest BCUT2D eigenvalue weighted by molar-refractivity contribution is -0.149. The van der Waals surface area contributed by atoms with E-state index in [1.807, 2.05) is 20.8 Å². The van der Waals surface area contributed by atoms with Gasteiger partial charge in [0.05, 0.1) is 12.3 Å². The Morgan fingerprint density at radius 2 is 1.73 bits per heavy atom. The van der Waals surface area contributed by atoms with E-state index in [2.05, 4.69) is 34.4 Å². The molecule has 2 rings (SSSR count). The number of carbonyl (C=O) groups excluding carboxylic acids is 6. The average Bonchev–Trinajstić information content (AvgIpc) is 3.70. The van der Waals surface area contributed by atoms with E-state index >= 15 is 0 Å². The summed E-state index contributed by atoms with van der Waals surface area (Å²) in [4.78, 5) is 81.8. The number of furan rings is 1. The summed E-state index contributed by atoms with van der Waals surface area (Å²) in [6.45, 7) is 22.3. The van der Waals surface area contributed by atoms with Gasteiger partial charge in [0.1, 0.15) is 30.5 Å². The minimum atomic E-state index is -1.12. The minimum absolute atomic E-state index is 0.0530. The molecule has 2 heterocycles. The molecule has 1 aliphatic rings. The molecule has 0 radical (unpaired) electrons. The predicted molar refractivity (Wildman–Crippen MR) is 185 cm³/mol. The van der Waals surface area contributed by atoms with Gasteiger partial charge in [-0.15, -0.1) is 13.2 Å². The number of ether oxygens (including phenoxy) is 1. The van der Waals surface area contributed by atoms with E-state index in [9.17, 15) is 28.8 Å². The Morgan fingerprint density at radius 3 is 2.24 bits per heavy atom. The number of hydrogen-bond acceptors (Lipinski definition) is 8. The summed E-state index contributed by atoms with van der Waals surface area (Å²) in [5.41, 5.74) is -0.827. The number of likely N-dealkylation sites (tertiary alicyclic amines) is 1. The van der Waals surface area contributed by atoms with Gasteiger partial charge in [-0.3, -0.25) is 19.2 Å². The highest BCUT2D eigenvalue weighted by Crippen LogP contribution is 2.37. The van der Waals surface area contributed by atoms with Crippen molar-refractivity contribution in [3.63, 3.8) is 0 Å². The summed E-state index contributed by atoms with van der Waals surface area (Å²) >= 11 is 0. The van der Waals surface area contributed by atoms with E-state index in [1.165, 1.54) is 17.2 Å². The number of amides is 5. The molecule has 6 atom stereocenters. The molecule has 0 aliphatic carbocycles. The Morgan fingerprint density at radius 1 is 1.06 bits per heavy atom. The number of nitrogens with zero attached hydrogens (tertiary/aromatic N) is 1. The van der Waals surface area contributed by atoms with Crippen LogP contribution < -0.4 is 21.3 Å². The van der Waals surface area contributed by atoms with Gasteiger partial charge in [-0.2, -0.15) is 0 Å². The molecule has 4 N–H and O–H groups in total. The van der Waals surface area contributed by atoms with Crippen molar-refractivity contribution < 1.29 is 37.9 Å². The quantitative estimate of drug-likeness (QED) is 0.109. The standard InChI is InChI=1S/C36H55N5O8/c1-11-15-26(29(42)32(44)37-17-12-2)38-31(43)28-24(13-3)25(21(4)5)19-41(28)33(45)30(36(8,9)10)40-35(47)39-27(22(6)7)34(46)49-20-23-16-14-18-48-23/h12-14,16,18,21-22,24-28,30H,2-3,11,15,17,19-20H2,1,4-10H3,(H,37,44)(H,38,43)(H2,39,40,47)/t24-,25+,26?,27-,28-,30+/m0/s1. The van der Waals surface area contributed by atoms with E-state index in [0.717, 1.165) is 0 Å². The van der Waals surface area contributed by atoms with Crippen LogP contribution in [0.3, 0.4) is 0 Å². The van der Waals surface area contributed by atoms with Gasteiger partial charge >= 0.3 is 12.0 Å². The number of rotatable bonds is 17. The fourth-order valence-corrected chi connectivity index (χ4v) is 5.88. The monoisotopic (exact) mass is 685 g/mol. The maximum absolute atomic E-state index is 14.5. The topological polar surface area (TPSA) is 176 Å². The molecule has 0 spiro atoms. The maximum Gasteiger partial charge on any atom is 0.329 e. The molecular weight excluding hydrogens is 630 g/mol. The predicted octanol–water partition coefficient (Wildman–Crippen LogP) is 3.50. The molecule has 1 saturated heterocycles. The van der Waals surface area contributed by atoms with Crippen LogP contribution in [0.5, 0.6) is 0 Å². The van der Waals surface area contributed by atoms with Crippen LogP contribution in [0.1, 0.15) is 74.0 Å². The molecule has 1 aliphatic heterocycles. The van der Waals surface area contributed by atoms with Crippen LogP contribution in [0, 0.1) is 29.1 Å². The van der Waals surface area contributed by atoms with Crippen LogP contribution in [0.25, 0.3) is 0 Å². The van der Waals surface area contributed by atoms with Crippen LogP contribution >= 0.6 is 0 Å². The molecule has 49 heavy (non-hydrogen) atoms. The first kappa shape index (κ1) is 40.8. The molecule has 0 bridgehead atoms. The third kappa shape index (κ3) is 11.0. The number of urea groups is 1. The maximum atomic E-state index is 14.5. The summed E-state index contributed by atoms with van der Waals surface area (Å²) in [5.74, 6) is -3.89. The van der Waals surface area contributed by atoms with Crippen molar-refractivity contribution in [2.75, 3.05) is 13.1 Å². The number of hydrogen-bond donors (Lipinski definition) is 4. The zero-order chi connectivity index (χ0) is 37.1. The SMILES string of the molecule is C=CCNC(=O)C(=O)C(CCC)NC(=O)[C@@H]1[C@@H](C=C)[C@@H](C(C)C)CN1C(=O)[C@@H](NC(=O)N[C@H](C(=O)OCc1ccco1)C(C)C)C(C)(C)C. The summed E-state index contributed by atoms with van der Waals surface area (Å²) in [6.07, 6.45) is 5.27. The Kier molecular flexibility index (Phi) is 15.3. The van der Waals surface area contributed by atoms with E-state index < -0.39 is 71.0 Å². The van der Waals surface area contributed by atoms with Crippen molar-refractivity contribution in [3.05, 3.63) is 49.5 Å². The van der Waals surface area contributed by atoms with Crippen LogP contribution in [0.15, 0.2) is 48.1 Å². The lowest BCUT2D eigenvalue weighted by atomic mass is 9.82. The molecule has 0 saturated carbocycles. The molecule has 13 nitrogen and oxygen atoms in total. The fourth-order valence-electron chi connectivity index (χ4n) is 5.88. The average molecular weight is 686 g/mol. The first-order valence-electron chi connectivity index (χ1n) is 16.9. The number of Topliss-reactive ketones (excluding diaryl/α,β-unsaturated/α-hetero) is 1. The molecule has 1 aromatic rings. The molecule has 1 fully saturated rings. The third-order valence-corrected chi connectivity index (χ3v) is 8.66. The number of nitrogens with one attached hydrogen (secondary N) is 4. The lowest BCUT2D eigenvalue weighted by Crippen LogP contribution is -2.61. The van der Waals surface area contributed by atoms with Crippen molar-refractivity contribution in [1.29, 1.82) is 0 Å². The van der Waals surface area contributed by atoms with Gasteiger partial charge in [0, 0.05) is 19.0 Å². The molecule has 0 aromatic carbocycles. The van der Waals surface area contributed by atoms with Gasteiger partial charge in [-0.25, -0.2) is 9.59 Å². The summed E-state index contributed by atoms with van der Waals surface area (Å²) in [6, 6.07) is -1.75. The molecule has 272 valence electrons. The van der Waals surface area contributed by atoms with Gasteiger partial charge in [0.2, 0.25) is 17.6 Å². The van der Waals surface area contributed by atoms with Gasteiger partial charge in [0.25, 0.3) is 5.91 Å². The van der Waals surface area contributed by atoms with Crippen LogP contribution in [-0.2, 0) is 35.3 Å². The number of ketones is 1. The Hall–Kier alpha value is -4.42. The van der Waals surface area contributed by atoms with E-state index in [4.69, 9.17) is 9.15 Å². The fraction of sp³-hybridized carbons (Fsp3) is 0.611. The highest BCUT2D eigenvalue weighted by atomic mass is 16.5. The number of esters is 1. The van der Waals surface area contributed by atoms with Gasteiger partial charge in [0.15, 0.2) is 0 Å². The number of carbonyl (C=O) groups is 6. The third-order valence-electron chi connectivity index (χ3n) is 8.66. The highest BCUT2D eigenvalue weighted by molar-refractivity contribution is 6.38. The first-order valence-corrected chi connectivity index (χ1v) is 16.9. The van der Waals surface area contributed by atoms with Crippen molar-refractivity contribution >= 4 is 35.5 Å². The normalized spacial score (nSPS) is 19.4. The first-order chi connectivity index (χ1) is 23.0. The lowest BCUT2D eigenvalue weighted by Gasteiger charge is -2.36. The van der Waals surface area contributed by atoms with Crippen molar-refractivity contribution in [3.8, 4) is 0 Å². The van der Waals surface area contributed by atoms with Crippen LogP contribution in [0.4, 0.5) is 4.79 Å². The summed E-state index contributed by atoms with van der Waals surface area (Å²) < 4.78 is 10.6. The van der Waals surface area contributed by atoms with Crippen LogP contribution in [0.2, 0.25) is 0 Å². The zero-order valence-corrected chi connectivity index (χ0v) is 30.2. The molecular formula is C36H55N5O8. The van der Waals surface area contributed by atoms with Gasteiger partial charge < -0.3 is 35.3 Å². The van der Waals surface area contributed by atoms with Gasteiger partial charge in [-0.1, -0.05) is 74.0 Å².